The molecule has 0 bridgehead atoms. The van der Waals surface area contributed by atoms with Crippen molar-refractivity contribution in [2.45, 2.75) is 25.9 Å². The van der Waals surface area contributed by atoms with Gasteiger partial charge in [-0.05, 0) is 48.2 Å². The van der Waals surface area contributed by atoms with Crippen molar-refractivity contribution in [2.75, 3.05) is 19.8 Å². The lowest BCUT2D eigenvalue weighted by Crippen LogP contribution is -2.31. The van der Waals surface area contributed by atoms with Crippen molar-refractivity contribution in [1.29, 1.82) is 0 Å². The van der Waals surface area contributed by atoms with Crippen LogP contribution < -0.4 is 10.1 Å². The molecule has 3 rings (SSSR count). The van der Waals surface area contributed by atoms with Gasteiger partial charge in [-0.3, -0.25) is 0 Å². The predicted molar refractivity (Wildman–Crippen MR) is 102 cm³/mol. The highest BCUT2D eigenvalue weighted by Gasteiger charge is 2.05. The average molecular weight is 356 g/mol. The summed E-state index contributed by atoms with van der Waals surface area (Å²) in [4.78, 5) is 0. The van der Waals surface area contributed by atoms with Gasteiger partial charge in [-0.1, -0.05) is 12.1 Å². The van der Waals surface area contributed by atoms with E-state index in [1.165, 1.54) is 17.5 Å². The monoisotopic (exact) mass is 356 g/mol. The van der Waals surface area contributed by atoms with E-state index in [4.69, 9.17) is 9.84 Å². The van der Waals surface area contributed by atoms with E-state index in [-0.39, 0.29) is 18.5 Å². The molecular formula is C21H25FN2O2. The second kappa shape index (κ2) is 8.83. The van der Waals surface area contributed by atoms with Crippen LogP contribution in [0.25, 0.3) is 10.9 Å². The molecule has 0 unspecified atom stereocenters. The number of aliphatic hydroxyl groups is 1. The summed E-state index contributed by atoms with van der Waals surface area (Å²) in [5.41, 5.74) is 2.18. The Morgan fingerprint density at radius 1 is 1.15 bits per heavy atom. The van der Waals surface area contributed by atoms with Crippen LogP contribution >= 0.6 is 0 Å². The van der Waals surface area contributed by atoms with Gasteiger partial charge in [0.1, 0.15) is 11.6 Å². The lowest BCUT2D eigenvalue weighted by molar-refractivity contribution is 0.251. The predicted octanol–water partition coefficient (Wildman–Crippen LogP) is 3.37. The fourth-order valence-electron chi connectivity index (χ4n) is 2.88. The topological polar surface area (TPSA) is 46.4 Å². The van der Waals surface area contributed by atoms with Crippen LogP contribution in [-0.2, 0) is 13.0 Å². The zero-order chi connectivity index (χ0) is 18.4. The lowest BCUT2D eigenvalue weighted by Gasteiger charge is -2.12. The van der Waals surface area contributed by atoms with E-state index in [9.17, 15) is 4.39 Å². The Hall–Kier alpha value is -2.37. The van der Waals surface area contributed by atoms with Crippen LogP contribution in [0.4, 0.5) is 4.39 Å². The van der Waals surface area contributed by atoms with Crippen LogP contribution in [0.5, 0.6) is 5.75 Å². The molecule has 0 fully saturated rings. The number of fused-ring (bicyclic) bond motifs is 1. The summed E-state index contributed by atoms with van der Waals surface area (Å²) < 4.78 is 21.0. The first-order valence-corrected chi connectivity index (χ1v) is 8.96. The molecular weight excluding hydrogens is 331 g/mol. The third-order valence-corrected chi connectivity index (χ3v) is 4.44. The highest BCUT2D eigenvalue weighted by Crippen LogP contribution is 2.22. The molecule has 0 aliphatic carbocycles. The van der Waals surface area contributed by atoms with Gasteiger partial charge in [0.15, 0.2) is 0 Å². The van der Waals surface area contributed by atoms with Crippen LogP contribution in [0.2, 0.25) is 0 Å². The number of aromatic nitrogens is 1. The molecule has 0 aliphatic rings. The standard InChI is InChI=1S/C21H25FN2O2/c1-16(15-25)23-10-12-24-11-8-18-4-7-20(14-21(18)24)26-13-9-17-2-5-19(22)6-3-17/h2-8,11,14,16,23,25H,9-10,12-13,15H2,1H3/t16-/m0/s1. The number of aliphatic hydroxyl groups excluding tert-OH is 1. The largest absolute Gasteiger partial charge is 0.493 e. The van der Waals surface area contributed by atoms with E-state index >= 15 is 0 Å². The van der Waals surface area contributed by atoms with Crippen molar-refractivity contribution in [2.24, 2.45) is 0 Å². The number of hydrogen-bond acceptors (Lipinski definition) is 3. The van der Waals surface area contributed by atoms with Gasteiger partial charge in [0.25, 0.3) is 0 Å². The summed E-state index contributed by atoms with van der Waals surface area (Å²) in [6, 6.07) is 14.8. The fraction of sp³-hybridized carbons (Fsp3) is 0.333. The normalized spacial score (nSPS) is 12.4. The molecule has 138 valence electrons. The second-order valence-electron chi connectivity index (χ2n) is 6.49. The number of rotatable bonds is 9. The highest BCUT2D eigenvalue weighted by molar-refractivity contribution is 5.81. The number of hydrogen-bond donors (Lipinski definition) is 2. The van der Waals surface area contributed by atoms with Crippen molar-refractivity contribution in [3.8, 4) is 5.75 Å². The number of nitrogens with zero attached hydrogens (tertiary/aromatic N) is 1. The number of benzene rings is 2. The molecule has 1 atom stereocenters. The molecule has 2 aromatic carbocycles. The highest BCUT2D eigenvalue weighted by atomic mass is 19.1. The molecule has 0 aliphatic heterocycles. The molecule has 3 aromatic rings. The zero-order valence-electron chi connectivity index (χ0n) is 15.0. The number of nitrogens with one attached hydrogen (secondary N) is 1. The molecule has 0 radical (unpaired) electrons. The summed E-state index contributed by atoms with van der Waals surface area (Å²) in [5.74, 6) is 0.611. The molecule has 1 aromatic heterocycles. The first-order valence-electron chi connectivity index (χ1n) is 8.96. The Balaban J connectivity index is 1.58. The van der Waals surface area contributed by atoms with Crippen LogP contribution in [0.15, 0.2) is 54.7 Å². The van der Waals surface area contributed by atoms with Gasteiger partial charge >= 0.3 is 0 Å². The maximum Gasteiger partial charge on any atom is 0.123 e. The molecule has 26 heavy (non-hydrogen) atoms. The number of ether oxygens (including phenoxy) is 1. The fourth-order valence-corrected chi connectivity index (χ4v) is 2.88. The Bertz CT molecular complexity index is 830. The summed E-state index contributed by atoms with van der Waals surface area (Å²) in [7, 11) is 0. The average Bonchev–Trinajstić information content (AvgIpc) is 3.05. The summed E-state index contributed by atoms with van der Waals surface area (Å²) in [6.07, 6.45) is 2.81. The molecule has 4 nitrogen and oxygen atoms in total. The van der Waals surface area contributed by atoms with Crippen LogP contribution in [0.1, 0.15) is 12.5 Å². The van der Waals surface area contributed by atoms with Gasteiger partial charge in [-0.15, -0.1) is 0 Å². The van der Waals surface area contributed by atoms with Crippen molar-refractivity contribution in [3.05, 3.63) is 66.1 Å². The lowest BCUT2D eigenvalue weighted by atomic mass is 10.1. The smallest absolute Gasteiger partial charge is 0.123 e. The minimum atomic E-state index is -0.219. The van der Waals surface area contributed by atoms with Gasteiger partial charge in [0.2, 0.25) is 0 Å². The van der Waals surface area contributed by atoms with Gasteiger partial charge in [-0.25, -0.2) is 4.39 Å². The van der Waals surface area contributed by atoms with Gasteiger partial charge < -0.3 is 19.7 Å². The Morgan fingerprint density at radius 2 is 1.96 bits per heavy atom. The molecule has 0 amide bonds. The van der Waals surface area contributed by atoms with E-state index in [0.717, 1.165) is 36.3 Å². The van der Waals surface area contributed by atoms with Gasteiger partial charge in [0, 0.05) is 37.8 Å². The van der Waals surface area contributed by atoms with Crippen LogP contribution in [-0.4, -0.2) is 35.5 Å². The van der Waals surface area contributed by atoms with Crippen molar-refractivity contribution in [3.63, 3.8) is 0 Å². The first-order chi connectivity index (χ1) is 12.7. The molecule has 1 heterocycles. The van der Waals surface area contributed by atoms with Gasteiger partial charge in [-0.2, -0.15) is 0 Å². The summed E-state index contributed by atoms with van der Waals surface area (Å²) >= 11 is 0. The Kier molecular flexibility index (Phi) is 6.26. The molecule has 2 N–H and O–H groups in total. The third-order valence-electron chi connectivity index (χ3n) is 4.44. The molecule has 0 spiro atoms. The second-order valence-corrected chi connectivity index (χ2v) is 6.49. The Labute approximate surface area is 153 Å². The van der Waals surface area contributed by atoms with Crippen LogP contribution in [0, 0.1) is 5.82 Å². The maximum atomic E-state index is 12.9. The van der Waals surface area contributed by atoms with Crippen molar-refractivity contribution in [1.82, 2.24) is 9.88 Å². The van der Waals surface area contributed by atoms with E-state index < -0.39 is 0 Å². The van der Waals surface area contributed by atoms with Crippen LogP contribution in [0.3, 0.4) is 0 Å². The zero-order valence-corrected chi connectivity index (χ0v) is 15.0. The number of halogens is 1. The molecule has 0 saturated heterocycles. The minimum absolute atomic E-state index is 0.0992. The molecule has 0 saturated carbocycles. The third kappa shape index (κ3) is 4.84. The summed E-state index contributed by atoms with van der Waals surface area (Å²) in [5, 5.41) is 13.5. The minimum Gasteiger partial charge on any atom is -0.493 e. The van der Waals surface area contributed by atoms with E-state index in [1.54, 1.807) is 12.1 Å². The quantitative estimate of drug-likeness (QED) is 0.618. The van der Waals surface area contributed by atoms with Crippen molar-refractivity contribution < 1.29 is 14.2 Å². The maximum absolute atomic E-state index is 12.9. The molecule has 5 heteroatoms. The van der Waals surface area contributed by atoms with E-state index in [1.807, 2.05) is 13.0 Å². The van der Waals surface area contributed by atoms with E-state index in [2.05, 4.69) is 34.3 Å². The van der Waals surface area contributed by atoms with E-state index in [0.29, 0.717) is 6.61 Å². The van der Waals surface area contributed by atoms with Crippen molar-refractivity contribution >= 4 is 10.9 Å². The first kappa shape index (κ1) is 18.4. The Morgan fingerprint density at radius 3 is 2.73 bits per heavy atom. The SMILES string of the molecule is C[C@@H](CO)NCCn1ccc2ccc(OCCc3ccc(F)cc3)cc21. The van der Waals surface area contributed by atoms with Gasteiger partial charge in [0.05, 0.1) is 18.7 Å². The summed E-state index contributed by atoms with van der Waals surface area (Å²) in [6.45, 7) is 4.26.